The molecule has 0 fully saturated rings. The van der Waals surface area contributed by atoms with Gasteiger partial charge in [0.25, 0.3) is 0 Å². The van der Waals surface area contributed by atoms with Crippen LogP contribution in [0.1, 0.15) is 23.3 Å². The number of nitrogens with zero attached hydrogens (tertiary/aromatic N) is 4. The molecule has 1 aromatic carbocycles. The summed E-state index contributed by atoms with van der Waals surface area (Å²) in [5.41, 5.74) is 0.902. The third-order valence-corrected chi connectivity index (χ3v) is 5.17. The molecule has 0 amide bonds. The van der Waals surface area contributed by atoms with E-state index in [-0.39, 0.29) is 0 Å². The molecule has 2 heterocycles. The lowest BCUT2D eigenvalue weighted by Crippen LogP contribution is -1.94. The van der Waals surface area contributed by atoms with Gasteiger partial charge >= 0.3 is 0 Å². The molecule has 22 heavy (non-hydrogen) atoms. The molecule has 2 aromatic heterocycles. The van der Waals surface area contributed by atoms with Crippen LogP contribution < -0.4 is 0 Å². The maximum Gasteiger partial charge on any atom is 0.234 e. The number of aromatic nitrogens is 4. The molecule has 0 aliphatic rings. The van der Waals surface area contributed by atoms with E-state index < -0.39 is 0 Å². The molecule has 0 saturated heterocycles. The first-order chi connectivity index (χ1) is 10.7. The van der Waals surface area contributed by atoms with Crippen molar-refractivity contribution in [2.45, 2.75) is 12.7 Å². The van der Waals surface area contributed by atoms with Gasteiger partial charge in [0.15, 0.2) is 5.82 Å². The summed E-state index contributed by atoms with van der Waals surface area (Å²) in [5, 5.41) is 14.9. The number of thioether (sulfide) groups is 1. The van der Waals surface area contributed by atoms with Gasteiger partial charge in [0.1, 0.15) is 5.01 Å². The highest BCUT2D eigenvalue weighted by molar-refractivity contribution is 7.98. The Morgan fingerprint density at radius 1 is 1.27 bits per heavy atom. The van der Waals surface area contributed by atoms with Crippen molar-refractivity contribution in [3.8, 4) is 0 Å². The Hall–Kier alpha value is -1.08. The summed E-state index contributed by atoms with van der Waals surface area (Å²) in [6, 6.07) is 5.41. The summed E-state index contributed by atoms with van der Waals surface area (Å²) in [6.45, 7) is 2.12. The molecule has 0 spiro atoms. The molecule has 3 rings (SSSR count). The average Bonchev–Trinajstić information content (AvgIpc) is 3.04. The summed E-state index contributed by atoms with van der Waals surface area (Å²) < 4.78 is 1.80. The zero-order chi connectivity index (χ0) is 15.5. The second kappa shape index (κ2) is 7.00. The summed E-state index contributed by atoms with van der Waals surface area (Å²) >= 11 is 15.3. The van der Waals surface area contributed by atoms with Gasteiger partial charge in [-0.2, -0.15) is 21.4 Å². The third-order valence-electron chi connectivity index (χ3n) is 2.87. The van der Waals surface area contributed by atoms with Gasteiger partial charge < -0.3 is 0 Å². The van der Waals surface area contributed by atoms with Crippen LogP contribution >= 0.6 is 46.3 Å². The first kappa shape index (κ1) is 15.8. The largest absolute Gasteiger partial charge is 0.234 e. The molecule has 0 N–H and O–H groups in total. The lowest BCUT2D eigenvalue weighted by atomic mass is 10.2. The molecule has 114 valence electrons. The second-order valence-corrected chi connectivity index (χ2v) is 7.49. The van der Waals surface area contributed by atoms with Crippen molar-refractivity contribution >= 4 is 63.4 Å². The number of hydrogen-bond acceptors (Lipinski definition) is 5. The predicted molar refractivity (Wildman–Crippen MR) is 95.9 cm³/mol. The van der Waals surface area contributed by atoms with Crippen molar-refractivity contribution in [1.29, 1.82) is 0 Å². The molecule has 8 heteroatoms. The molecule has 0 unspecified atom stereocenters. The van der Waals surface area contributed by atoms with Crippen LogP contribution in [-0.4, -0.2) is 25.6 Å². The third kappa shape index (κ3) is 3.46. The Morgan fingerprint density at radius 2 is 2.14 bits per heavy atom. The highest BCUT2D eigenvalue weighted by Crippen LogP contribution is 2.24. The molecule has 4 nitrogen and oxygen atoms in total. The minimum atomic E-state index is 0.617. The maximum absolute atomic E-state index is 6.15. The van der Waals surface area contributed by atoms with Crippen LogP contribution in [0.25, 0.3) is 17.1 Å². The fraction of sp³-hybridized carbons (Fsp3) is 0.214. The van der Waals surface area contributed by atoms with Crippen LogP contribution in [0, 0.1) is 0 Å². The number of hydrogen-bond donors (Lipinski definition) is 0. The fourth-order valence-electron chi connectivity index (χ4n) is 1.82. The smallest absolute Gasteiger partial charge is 0.186 e. The van der Waals surface area contributed by atoms with Crippen molar-refractivity contribution in [2.75, 3.05) is 5.75 Å². The molecule has 0 bridgehead atoms. The molecule has 0 aliphatic carbocycles. The van der Waals surface area contributed by atoms with Gasteiger partial charge in [-0.25, -0.2) is 0 Å². The lowest BCUT2D eigenvalue weighted by molar-refractivity contribution is 0.880. The fourth-order valence-corrected chi connectivity index (χ4v) is 3.62. The highest BCUT2D eigenvalue weighted by Gasteiger charge is 2.10. The minimum absolute atomic E-state index is 0.617. The van der Waals surface area contributed by atoms with E-state index in [0.29, 0.717) is 10.0 Å². The minimum Gasteiger partial charge on any atom is -0.186 e. The Labute approximate surface area is 146 Å². The van der Waals surface area contributed by atoms with Crippen LogP contribution in [0.5, 0.6) is 0 Å². The molecule has 0 aliphatic heterocycles. The van der Waals surface area contributed by atoms with E-state index in [0.717, 1.165) is 32.9 Å². The summed E-state index contributed by atoms with van der Waals surface area (Å²) in [5.74, 6) is 2.73. The zero-order valence-corrected chi connectivity index (χ0v) is 14.8. The lowest BCUT2D eigenvalue weighted by Gasteiger charge is -1.97. The van der Waals surface area contributed by atoms with E-state index in [1.165, 1.54) is 11.3 Å². The van der Waals surface area contributed by atoms with Gasteiger partial charge in [-0.3, -0.25) is 0 Å². The normalized spacial score (nSPS) is 11.8. The van der Waals surface area contributed by atoms with Crippen molar-refractivity contribution in [3.63, 3.8) is 0 Å². The molecule has 0 atom stereocenters. The Morgan fingerprint density at radius 3 is 2.91 bits per heavy atom. The first-order valence-electron chi connectivity index (χ1n) is 6.59. The van der Waals surface area contributed by atoms with Gasteiger partial charge in [-0.05, 0) is 29.5 Å². The summed E-state index contributed by atoms with van der Waals surface area (Å²) in [4.78, 5) is 0.800. The second-order valence-electron chi connectivity index (χ2n) is 4.39. The van der Waals surface area contributed by atoms with Crippen LogP contribution in [0.4, 0.5) is 0 Å². The van der Waals surface area contributed by atoms with Crippen LogP contribution in [-0.2, 0) is 5.75 Å². The van der Waals surface area contributed by atoms with Crippen molar-refractivity contribution in [1.82, 2.24) is 19.8 Å². The molecular formula is C14H12Cl2N4S2. The van der Waals surface area contributed by atoms with Gasteiger partial charge in [0.05, 0.1) is 5.75 Å². The van der Waals surface area contributed by atoms with E-state index >= 15 is 0 Å². The Bertz CT molecular complexity index is 825. The van der Waals surface area contributed by atoms with Crippen molar-refractivity contribution in [3.05, 3.63) is 44.6 Å². The van der Waals surface area contributed by atoms with E-state index in [2.05, 4.69) is 22.2 Å². The number of halogens is 2. The van der Waals surface area contributed by atoms with Crippen LogP contribution in [0.2, 0.25) is 10.0 Å². The Balaban J connectivity index is 1.84. The SMILES string of the molecule is CCSCc1nnc2sc(/C=C/c3ccc(Cl)cc3Cl)nn12. The number of benzene rings is 1. The quantitative estimate of drug-likeness (QED) is 0.639. The molecular weight excluding hydrogens is 359 g/mol. The monoisotopic (exact) mass is 370 g/mol. The van der Waals surface area contributed by atoms with E-state index in [4.69, 9.17) is 23.2 Å². The Kier molecular flexibility index (Phi) is 5.03. The van der Waals surface area contributed by atoms with Crippen molar-refractivity contribution in [2.24, 2.45) is 0 Å². The topological polar surface area (TPSA) is 43.1 Å². The van der Waals surface area contributed by atoms with E-state index in [9.17, 15) is 0 Å². The zero-order valence-electron chi connectivity index (χ0n) is 11.7. The number of rotatable bonds is 5. The number of fused-ring (bicyclic) bond motifs is 1. The average molecular weight is 371 g/mol. The van der Waals surface area contributed by atoms with Crippen LogP contribution in [0.3, 0.4) is 0 Å². The van der Waals surface area contributed by atoms with Crippen molar-refractivity contribution < 1.29 is 0 Å². The summed E-state index contributed by atoms with van der Waals surface area (Å²) in [6.07, 6.45) is 3.84. The van der Waals surface area contributed by atoms with E-state index in [1.807, 2.05) is 24.3 Å². The summed E-state index contributed by atoms with van der Waals surface area (Å²) in [7, 11) is 0. The van der Waals surface area contributed by atoms with Crippen LogP contribution in [0.15, 0.2) is 18.2 Å². The molecule has 0 saturated carbocycles. The predicted octanol–water partition coefficient (Wildman–Crippen LogP) is 4.92. The highest BCUT2D eigenvalue weighted by atomic mass is 35.5. The maximum atomic E-state index is 6.15. The van der Waals surface area contributed by atoms with Gasteiger partial charge in [-0.15, -0.1) is 10.2 Å². The van der Waals surface area contributed by atoms with Gasteiger partial charge in [0.2, 0.25) is 4.96 Å². The van der Waals surface area contributed by atoms with Gasteiger partial charge in [0, 0.05) is 10.0 Å². The first-order valence-corrected chi connectivity index (χ1v) is 9.32. The van der Waals surface area contributed by atoms with E-state index in [1.54, 1.807) is 22.3 Å². The van der Waals surface area contributed by atoms with Gasteiger partial charge in [-0.1, -0.05) is 53.6 Å². The standard InChI is InChI=1S/C14H12Cl2N4S2/c1-2-21-8-12-17-18-14-20(12)19-13(22-14)6-4-9-3-5-10(15)7-11(9)16/h3-7H,2,8H2,1H3/b6-4+. The molecule has 3 aromatic rings. The molecule has 0 radical (unpaired) electrons.